The van der Waals surface area contributed by atoms with E-state index in [-0.39, 0.29) is 0 Å². The fraction of sp³-hybridized carbons (Fsp3) is 0.667. The molecule has 1 rings (SSSR count). The molecule has 1 N–H and O–H groups in total. The van der Waals surface area contributed by atoms with Gasteiger partial charge >= 0.3 is 0 Å². The van der Waals surface area contributed by atoms with Crippen LogP contribution in [0.15, 0.2) is 23.1 Å². The number of benzene rings is 1. The van der Waals surface area contributed by atoms with Crippen LogP contribution in [-0.2, 0) is 6.42 Å². The van der Waals surface area contributed by atoms with E-state index in [4.69, 9.17) is 0 Å². The summed E-state index contributed by atoms with van der Waals surface area (Å²) in [6, 6.07) is 5.42. The lowest BCUT2D eigenvalue weighted by Gasteiger charge is -2.06. The number of rotatable bonds is 11. The zero-order chi connectivity index (χ0) is 14.6. The van der Waals surface area contributed by atoms with Crippen molar-refractivity contribution in [3.63, 3.8) is 0 Å². The second-order valence-electron chi connectivity index (χ2n) is 5.74. The lowest BCUT2D eigenvalue weighted by atomic mass is 10.0. The minimum absolute atomic E-state index is 0.352. The summed E-state index contributed by atoms with van der Waals surface area (Å²) >= 11 is 4.43. The lowest BCUT2D eigenvalue weighted by molar-refractivity contribution is 0.473. The van der Waals surface area contributed by atoms with Crippen molar-refractivity contribution >= 4 is 12.6 Å². The van der Waals surface area contributed by atoms with Gasteiger partial charge in [-0.1, -0.05) is 64.7 Å². The summed E-state index contributed by atoms with van der Waals surface area (Å²) in [5, 5.41) is 9.46. The molecule has 2 heteroatoms. The van der Waals surface area contributed by atoms with E-state index in [9.17, 15) is 5.11 Å². The van der Waals surface area contributed by atoms with Crippen molar-refractivity contribution in [3.05, 3.63) is 23.8 Å². The van der Waals surface area contributed by atoms with E-state index in [1.807, 2.05) is 12.1 Å². The molecule has 0 spiro atoms. The molecule has 0 unspecified atom stereocenters. The van der Waals surface area contributed by atoms with Crippen molar-refractivity contribution in [1.29, 1.82) is 0 Å². The zero-order valence-corrected chi connectivity index (χ0v) is 13.8. The maximum atomic E-state index is 9.46. The first-order valence-corrected chi connectivity index (χ1v) is 8.69. The van der Waals surface area contributed by atoms with Gasteiger partial charge in [0.1, 0.15) is 5.75 Å². The molecular formula is C18H30OS. The average molecular weight is 295 g/mol. The van der Waals surface area contributed by atoms with Crippen LogP contribution in [0.3, 0.4) is 0 Å². The fourth-order valence-electron chi connectivity index (χ4n) is 2.58. The van der Waals surface area contributed by atoms with Crippen LogP contribution in [0.4, 0.5) is 0 Å². The Hall–Kier alpha value is -0.630. The highest BCUT2D eigenvalue weighted by Crippen LogP contribution is 2.22. The topological polar surface area (TPSA) is 20.2 Å². The van der Waals surface area contributed by atoms with Gasteiger partial charge in [-0.2, -0.15) is 0 Å². The number of phenolic OH excluding ortho intramolecular Hbond substituents is 1. The Morgan fingerprint density at radius 3 is 2.00 bits per heavy atom. The molecule has 0 heterocycles. The summed E-state index contributed by atoms with van der Waals surface area (Å²) in [6.07, 6.45) is 14.6. The molecule has 0 amide bonds. The van der Waals surface area contributed by atoms with Gasteiger partial charge in [-0.25, -0.2) is 0 Å². The molecule has 20 heavy (non-hydrogen) atoms. The molecular weight excluding hydrogens is 264 g/mol. The normalized spacial score (nSPS) is 10.9. The van der Waals surface area contributed by atoms with Crippen LogP contribution in [-0.4, -0.2) is 5.11 Å². The van der Waals surface area contributed by atoms with E-state index < -0.39 is 0 Å². The third-order valence-electron chi connectivity index (χ3n) is 3.86. The number of hydrogen-bond acceptors (Lipinski definition) is 2. The number of aryl methyl sites for hydroxylation is 1. The Bertz CT molecular complexity index is 362. The zero-order valence-electron chi connectivity index (χ0n) is 12.9. The highest BCUT2D eigenvalue weighted by molar-refractivity contribution is 7.80. The Kier molecular flexibility index (Phi) is 9.65. The van der Waals surface area contributed by atoms with Gasteiger partial charge in [0.2, 0.25) is 0 Å². The molecule has 0 bridgehead atoms. The monoisotopic (exact) mass is 294 g/mol. The third kappa shape index (κ3) is 7.84. The Balaban J connectivity index is 1.98. The average Bonchev–Trinajstić information content (AvgIpc) is 2.44. The summed E-state index contributed by atoms with van der Waals surface area (Å²) < 4.78 is 0. The van der Waals surface area contributed by atoms with E-state index in [0.717, 1.165) is 11.3 Å². The first-order valence-electron chi connectivity index (χ1n) is 8.25. The van der Waals surface area contributed by atoms with Crippen LogP contribution >= 0.6 is 12.6 Å². The van der Waals surface area contributed by atoms with Crippen LogP contribution in [0.5, 0.6) is 5.75 Å². The van der Waals surface area contributed by atoms with Gasteiger partial charge in [-0.05, 0) is 36.6 Å². The SMILES string of the molecule is CCCCCCCCCCCCc1cc(O)ccc1S. The summed E-state index contributed by atoms with van der Waals surface area (Å²) in [7, 11) is 0. The number of hydrogen-bond donors (Lipinski definition) is 2. The lowest BCUT2D eigenvalue weighted by Crippen LogP contribution is -1.88. The number of unbranched alkanes of at least 4 members (excludes halogenated alkanes) is 9. The van der Waals surface area contributed by atoms with E-state index in [1.165, 1.54) is 69.8 Å². The quantitative estimate of drug-likeness (QED) is 0.371. The maximum absolute atomic E-state index is 9.46. The van der Waals surface area contributed by atoms with Crippen LogP contribution in [0, 0.1) is 0 Å². The van der Waals surface area contributed by atoms with E-state index in [0.29, 0.717) is 5.75 Å². The first-order chi connectivity index (χ1) is 9.74. The van der Waals surface area contributed by atoms with Gasteiger partial charge < -0.3 is 5.11 Å². The first kappa shape index (κ1) is 17.4. The van der Waals surface area contributed by atoms with Gasteiger partial charge in [-0.3, -0.25) is 0 Å². The van der Waals surface area contributed by atoms with Gasteiger partial charge in [0, 0.05) is 4.90 Å². The van der Waals surface area contributed by atoms with Gasteiger partial charge in [0.25, 0.3) is 0 Å². The smallest absolute Gasteiger partial charge is 0.115 e. The molecule has 0 aliphatic carbocycles. The van der Waals surface area contributed by atoms with Gasteiger partial charge in [0.05, 0.1) is 0 Å². The molecule has 0 radical (unpaired) electrons. The Labute approximate surface area is 130 Å². The van der Waals surface area contributed by atoms with Crippen molar-refractivity contribution in [2.45, 2.75) is 82.4 Å². The van der Waals surface area contributed by atoms with Crippen LogP contribution in [0.2, 0.25) is 0 Å². The predicted molar refractivity (Wildman–Crippen MR) is 90.9 cm³/mol. The molecule has 0 saturated carbocycles. The molecule has 0 fully saturated rings. The highest BCUT2D eigenvalue weighted by Gasteiger charge is 2.00. The van der Waals surface area contributed by atoms with Crippen molar-refractivity contribution in [1.82, 2.24) is 0 Å². The third-order valence-corrected chi connectivity index (χ3v) is 4.30. The van der Waals surface area contributed by atoms with Crippen molar-refractivity contribution < 1.29 is 5.11 Å². The molecule has 0 saturated heterocycles. The van der Waals surface area contributed by atoms with Gasteiger partial charge in [0.15, 0.2) is 0 Å². The minimum atomic E-state index is 0.352. The van der Waals surface area contributed by atoms with Crippen molar-refractivity contribution in [2.24, 2.45) is 0 Å². The largest absolute Gasteiger partial charge is 0.508 e. The molecule has 1 aromatic rings. The fourth-order valence-corrected chi connectivity index (χ4v) is 2.83. The maximum Gasteiger partial charge on any atom is 0.115 e. The van der Waals surface area contributed by atoms with Crippen molar-refractivity contribution in [2.75, 3.05) is 0 Å². The van der Waals surface area contributed by atoms with Crippen LogP contribution < -0.4 is 0 Å². The van der Waals surface area contributed by atoms with E-state index in [1.54, 1.807) is 6.07 Å². The molecule has 0 aromatic heterocycles. The number of aromatic hydroxyl groups is 1. The number of thiol groups is 1. The standard InChI is InChI=1S/C18H30OS/c1-2-3-4-5-6-7-8-9-10-11-12-16-15-17(19)13-14-18(16)20/h13-15,19-20H,2-12H2,1H3. The van der Waals surface area contributed by atoms with Crippen LogP contribution in [0.1, 0.15) is 76.7 Å². The highest BCUT2D eigenvalue weighted by atomic mass is 32.1. The summed E-state index contributed by atoms with van der Waals surface area (Å²) in [6.45, 7) is 2.27. The van der Waals surface area contributed by atoms with Crippen LogP contribution in [0.25, 0.3) is 0 Å². The molecule has 0 atom stereocenters. The Morgan fingerprint density at radius 2 is 1.40 bits per heavy atom. The van der Waals surface area contributed by atoms with E-state index in [2.05, 4.69) is 19.6 Å². The molecule has 1 nitrogen and oxygen atoms in total. The predicted octanol–water partition coefficient (Wildman–Crippen LogP) is 6.14. The molecule has 114 valence electrons. The number of phenols is 1. The second kappa shape index (κ2) is 11.1. The van der Waals surface area contributed by atoms with Gasteiger partial charge in [-0.15, -0.1) is 12.6 Å². The second-order valence-corrected chi connectivity index (χ2v) is 6.23. The van der Waals surface area contributed by atoms with Crippen molar-refractivity contribution in [3.8, 4) is 5.75 Å². The minimum Gasteiger partial charge on any atom is -0.508 e. The molecule has 0 aliphatic rings. The molecule has 0 aliphatic heterocycles. The summed E-state index contributed by atoms with van der Waals surface area (Å²) in [4.78, 5) is 0.999. The summed E-state index contributed by atoms with van der Waals surface area (Å²) in [5.74, 6) is 0.352. The van der Waals surface area contributed by atoms with E-state index >= 15 is 0 Å². The summed E-state index contributed by atoms with van der Waals surface area (Å²) in [5.41, 5.74) is 1.17. The Morgan fingerprint density at radius 1 is 0.850 bits per heavy atom. The molecule has 1 aromatic carbocycles.